The van der Waals surface area contributed by atoms with Crippen molar-refractivity contribution in [1.82, 2.24) is 14.5 Å². The molecule has 4 rings (SSSR count). The van der Waals surface area contributed by atoms with Crippen LogP contribution in [-0.4, -0.2) is 20.4 Å². The van der Waals surface area contributed by atoms with Gasteiger partial charge in [-0.2, -0.15) is 0 Å². The molecule has 136 valence electrons. The number of hydrogen-bond acceptors (Lipinski definition) is 6. The fourth-order valence-electron chi connectivity index (χ4n) is 2.47. The van der Waals surface area contributed by atoms with E-state index in [-0.39, 0.29) is 12.3 Å². The Balaban J connectivity index is 1.45. The van der Waals surface area contributed by atoms with E-state index in [1.54, 1.807) is 28.9 Å². The lowest BCUT2D eigenvalue weighted by atomic mass is 10.3. The molecule has 3 aromatic heterocycles. The third-order valence-corrected chi connectivity index (χ3v) is 6.85. The highest BCUT2D eigenvalue weighted by molar-refractivity contribution is 7.99. The Kier molecular flexibility index (Phi) is 5.38. The molecule has 1 N–H and O–H groups in total. The van der Waals surface area contributed by atoms with E-state index in [9.17, 15) is 4.79 Å². The smallest absolute Gasteiger partial charge is 0.230 e. The third kappa shape index (κ3) is 4.29. The molecule has 1 amide bonds. The van der Waals surface area contributed by atoms with Crippen molar-refractivity contribution in [2.75, 3.05) is 5.32 Å². The maximum absolute atomic E-state index is 12.5. The summed E-state index contributed by atoms with van der Waals surface area (Å²) in [6, 6.07) is 11.8. The molecule has 5 nitrogen and oxygen atoms in total. The molecule has 3 heterocycles. The number of nitrogens with zero attached hydrogens (tertiary/aromatic N) is 3. The van der Waals surface area contributed by atoms with Gasteiger partial charge in [-0.1, -0.05) is 18.2 Å². The summed E-state index contributed by atoms with van der Waals surface area (Å²) < 4.78 is 1.95. The van der Waals surface area contributed by atoms with Gasteiger partial charge in [0.25, 0.3) is 0 Å². The van der Waals surface area contributed by atoms with Gasteiger partial charge in [-0.15, -0.1) is 22.7 Å². The summed E-state index contributed by atoms with van der Waals surface area (Å²) >= 11 is 4.74. The minimum absolute atomic E-state index is 0.0779. The van der Waals surface area contributed by atoms with Gasteiger partial charge >= 0.3 is 0 Å². The number of rotatable bonds is 6. The first-order valence-corrected chi connectivity index (χ1v) is 10.8. The van der Waals surface area contributed by atoms with E-state index in [0.29, 0.717) is 0 Å². The predicted octanol–water partition coefficient (Wildman–Crippen LogP) is 4.94. The second-order valence-electron chi connectivity index (χ2n) is 5.77. The Bertz CT molecular complexity index is 1050. The Hall–Kier alpha value is -2.42. The zero-order valence-electron chi connectivity index (χ0n) is 14.5. The van der Waals surface area contributed by atoms with E-state index in [4.69, 9.17) is 0 Å². The lowest BCUT2D eigenvalue weighted by Crippen LogP contribution is -2.15. The standard InChI is InChI=1S/C19H16N4OS3/c1-23-9-8-20-19(23)27-15-6-3-2-5-14(15)22-17(24)11-13-12-26-18(21-13)16-7-4-10-25-16/h2-10,12H,11H2,1H3,(H,22,24). The number of benzene rings is 1. The first-order valence-electron chi connectivity index (χ1n) is 8.21. The summed E-state index contributed by atoms with van der Waals surface area (Å²) in [5, 5.41) is 8.81. The van der Waals surface area contributed by atoms with Crippen molar-refractivity contribution < 1.29 is 4.79 Å². The van der Waals surface area contributed by atoms with Gasteiger partial charge in [0.2, 0.25) is 5.91 Å². The summed E-state index contributed by atoms with van der Waals surface area (Å²) in [6.07, 6.45) is 3.91. The van der Waals surface area contributed by atoms with Gasteiger partial charge in [0.05, 0.1) is 22.7 Å². The fraction of sp³-hybridized carbons (Fsp3) is 0.105. The maximum Gasteiger partial charge on any atom is 0.230 e. The number of carbonyl (C=O) groups excluding carboxylic acids is 1. The number of aromatic nitrogens is 3. The van der Waals surface area contributed by atoms with Crippen LogP contribution in [0.1, 0.15) is 5.69 Å². The van der Waals surface area contributed by atoms with Gasteiger partial charge in [0, 0.05) is 29.7 Å². The molecule has 8 heteroatoms. The number of nitrogens with one attached hydrogen (secondary N) is 1. The van der Waals surface area contributed by atoms with Crippen LogP contribution in [0.2, 0.25) is 0 Å². The molecular weight excluding hydrogens is 396 g/mol. The first kappa shape index (κ1) is 18.0. The average Bonchev–Trinajstić information content (AvgIpc) is 3.39. The molecular formula is C19H16N4OS3. The van der Waals surface area contributed by atoms with Crippen LogP contribution in [0.4, 0.5) is 5.69 Å². The van der Waals surface area contributed by atoms with E-state index in [1.807, 2.05) is 65.0 Å². The predicted molar refractivity (Wildman–Crippen MR) is 112 cm³/mol. The van der Waals surface area contributed by atoms with Gasteiger partial charge in [0.15, 0.2) is 5.16 Å². The lowest BCUT2D eigenvalue weighted by Gasteiger charge is -2.10. The summed E-state index contributed by atoms with van der Waals surface area (Å²) in [5.74, 6) is -0.0779. The number of thiazole rings is 1. The molecule has 0 saturated carbocycles. The highest BCUT2D eigenvalue weighted by atomic mass is 32.2. The lowest BCUT2D eigenvalue weighted by molar-refractivity contribution is -0.115. The van der Waals surface area contributed by atoms with Crippen molar-refractivity contribution in [2.45, 2.75) is 16.5 Å². The molecule has 27 heavy (non-hydrogen) atoms. The Morgan fingerprint density at radius 1 is 1.22 bits per heavy atom. The molecule has 1 aromatic carbocycles. The number of amides is 1. The largest absolute Gasteiger partial charge is 0.329 e. The normalized spacial score (nSPS) is 10.9. The van der Waals surface area contributed by atoms with Crippen LogP contribution in [0.5, 0.6) is 0 Å². The molecule has 0 aliphatic rings. The molecule has 0 unspecified atom stereocenters. The Morgan fingerprint density at radius 2 is 2.11 bits per heavy atom. The van der Waals surface area contributed by atoms with Crippen molar-refractivity contribution in [3.05, 3.63) is 65.2 Å². The summed E-state index contributed by atoms with van der Waals surface area (Å²) in [4.78, 5) is 23.5. The Labute approximate surface area is 169 Å². The number of hydrogen-bond donors (Lipinski definition) is 1. The first-order chi connectivity index (χ1) is 13.2. The average molecular weight is 413 g/mol. The Morgan fingerprint density at radius 3 is 2.89 bits per heavy atom. The van der Waals surface area contributed by atoms with Crippen molar-refractivity contribution in [3.8, 4) is 9.88 Å². The number of imidazole rings is 1. The van der Waals surface area contributed by atoms with Gasteiger partial charge in [-0.05, 0) is 35.3 Å². The zero-order valence-corrected chi connectivity index (χ0v) is 16.9. The molecule has 0 saturated heterocycles. The highest BCUT2D eigenvalue weighted by Gasteiger charge is 2.13. The van der Waals surface area contributed by atoms with E-state index >= 15 is 0 Å². The van der Waals surface area contributed by atoms with E-state index in [2.05, 4.69) is 15.3 Å². The summed E-state index contributed by atoms with van der Waals surface area (Å²) in [5.41, 5.74) is 1.57. The van der Waals surface area contributed by atoms with Crippen LogP contribution in [0.3, 0.4) is 0 Å². The van der Waals surface area contributed by atoms with Gasteiger partial charge in [0.1, 0.15) is 5.01 Å². The number of carbonyl (C=O) groups is 1. The second-order valence-corrected chi connectivity index (χ2v) is 8.58. The van der Waals surface area contributed by atoms with Crippen molar-refractivity contribution in [3.63, 3.8) is 0 Å². The highest BCUT2D eigenvalue weighted by Crippen LogP contribution is 2.32. The van der Waals surface area contributed by atoms with Crippen molar-refractivity contribution in [2.24, 2.45) is 7.05 Å². The van der Waals surface area contributed by atoms with Crippen LogP contribution in [0.25, 0.3) is 9.88 Å². The van der Waals surface area contributed by atoms with E-state index < -0.39 is 0 Å². The van der Waals surface area contributed by atoms with Crippen molar-refractivity contribution >= 4 is 46.0 Å². The third-order valence-electron chi connectivity index (χ3n) is 3.76. The molecule has 0 radical (unpaired) electrons. The van der Waals surface area contributed by atoms with Crippen LogP contribution in [-0.2, 0) is 18.3 Å². The number of para-hydroxylation sites is 1. The number of thiophene rings is 1. The van der Waals surface area contributed by atoms with Gasteiger partial charge in [-0.3, -0.25) is 4.79 Å². The molecule has 0 bridgehead atoms. The minimum atomic E-state index is -0.0779. The van der Waals surface area contributed by atoms with Gasteiger partial charge < -0.3 is 9.88 Å². The molecule has 0 aliphatic carbocycles. The minimum Gasteiger partial charge on any atom is -0.329 e. The second kappa shape index (κ2) is 8.08. The molecule has 0 spiro atoms. The van der Waals surface area contributed by atoms with E-state index in [0.717, 1.165) is 31.3 Å². The molecule has 0 atom stereocenters. The van der Waals surface area contributed by atoms with Crippen LogP contribution < -0.4 is 5.32 Å². The SMILES string of the molecule is Cn1ccnc1Sc1ccccc1NC(=O)Cc1csc(-c2cccs2)n1. The van der Waals surface area contributed by atoms with E-state index in [1.165, 1.54) is 11.8 Å². The van der Waals surface area contributed by atoms with Crippen LogP contribution in [0.15, 0.2) is 69.6 Å². The fourth-order valence-corrected chi connectivity index (χ4v) is 4.99. The summed E-state index contributed by atoms with van der Waals surface area (Å²) in [7, 11) is 1.95. The number of aryl methyl sites for hydroxylation is 1. The van der Waals surface area contributed by atoms with Crippen LogP contribution in [0, 0.1) is 0 Å². The van der Waals surface area contributed by atoms with Crippen molar-refractivity contribution in [1.29, 1.82) is 0 Å². The quantitative estimate of drug-likeness (QED) is 0.487. The monoisotopic (exact) mass is 412 g/mol. The molecule has 4 aromatic rings. The number of anilines is 1. The topological polar surface area (TPSA) is 59.8 Å². The maximum atomic E-state index is 12.5. The zero-order chi connectivity index (χ0) is 18.6. The van der Waals surface area contributed by atoms with Crippen LogP contribution >= 0.6 is 34.4 Å². The summed E-state index contributed by atoms with van der Waals surface area (Å²) in [6.45, 7) is 0. The van der Waals surface area contributed by atoms with Gasteiger partial charge in [-0.25, -0.2) is 9.97 Å². The molecule has 0 aliphatic heterocycles. The molecule has 0 fully saturated rings.